The van der Waals surface area contributed by atoms with Gasteiger partial charge in [0.2, 0.25) is 0 Å². The monoisotopic (exact) mass is 392 g/mol. The van der Waals surface area contributed by atoms with Crippen molar-refractivity contribution in [2.75, 3.05) is 0 Å². The molecule has 0 saturated heterocycles. The number of rotatable bonds is 6. The van der Waals surface area contributed by atoms with Crippen LogP contribution in [0.1, 0.15) is 29.5 Å². The summed E-state index contributed by atoms with van der Waals surface area (Å²) in [5.41, 5.74) is 1.07. The zero-order valence-electron chi connectivity index (χ0n) is 14.8. The Morgan fingerprint density at radius 1 is 1.18 bits per heavy atom. The van der Waals surface area contributed by atoms with E-state index in [4.69, 9.17) is 4.74 Å². The Labute approximate surface area is 158 Å². The number of hydrogen-bond acceptors (Lipinski definition) is 3. The first-order valence-corrected chi connectivity index (χ1v) is 8.37. The highest BCUT2D eigenvalue weighted by Crippen LogP contribution is 2.31. The molecular weight excluding hydrogens is 376 g/mol. The van der Waals surface area contributed by atoms with Crippen LogP contribution in [0.4, 0.5) is 17.6 Å². The van der Waals surface area contributed by atoms with Gasteiger partial charge in [0.1, 0.15) is 24.5 Å². The summed E-state index contributed by atoms with van der Waals surface area (Å²) >= 11 is 0. The van der Waals surface area contributed by atoms with Crippen LogP contribution in [0.5, 0.6) is 5.75 Å². The number of ether oxygens (including phenoxy) is 1. The molecule has 1 heterocycles. The maximum Gasteiger partial charge on any atom is 0.416 e. The first-order valence-electron chi connectivity index (χ1n) is 8.37. The van der Waals surface area contributed by atoms with Crippen molar-refractivity contribution < 1.29 is 27.1 Å². The molecule has 2 aromatic carbocycles. The number of alkyl halides is 3. The molecule has 0 aliphatic heterocycles. The number of aromatic amines is 1. The van der Waals surface area contributed by atoms with Gasteiger partial charge in [-0.05, 0) is 23.8 Å². The summed E-state index contributed by atoms with van der Waals surface area (Å²) in [4.78, 5) is 10.8. The van der Waals surface area contributed by atoms with E-state index in [0.29, 0.717) is 23.1 Å². The fourth-order valence-electron chi connectivity index (χ4n) is 2.69. The number of carbonyl (C=O) groups is 1. The molecule has 1 atom stereocenters. The smallest absolute Gasteiger partial charge is 0.416 e. The van der Waals surface area contributed by atoms with Crippen LogP contribution in [0.3, 0.4) is 0 Å². The number of hydrogen-bond donors (Lipinski definition) is 1. The van der Waals surface area contributed by atoms with Crippen LogP contribution in [0, 0.1) is 5.82 Å². The van der Waals surface area contributed by atoms with Crippen LogP contribution in [-0.4, -0.2) is 16.5 Å². The summed E-state index contributed by atoms with van der Waals surface area (Å²) in [6, 6.07) is 8.85. The largest absolute Gasteiger partial charge is 0.489 e. The van der Waals surface area contributed by atoms with Gasteiger partial charge in [-0.25, -0.2) is 4.39 Å². The van der Waals surface area contributed by atoms with Gasteiger partial charge in [-0.2, -0.15) is 18.3 Å². The van der Waals surface area contributed by atoms with E-state index in [1.165, 1.54) is 24.3 Å². The SMILES string of the molecule is CC(C=O)c1ccc(OCc2c[nH]nc2-c2ccc(C(F)(F)F)cc2)cc1F. The summed E-state index contributed by atoms with van der Waals surface area (Å²) in [7, 11) is 0. The van der Waals surface area contributed by atoms with Crippen molar-refractivity contribution in [2.45, 2.75) is 25.6 Å². The Hall–Kier alpha value is -3.16. The van der Waals surface area contributed by atoms with E-state index in [9.17, 15) is 22.4 Å². The van der Waals surface area contributed by atoms with Gasteiger partial charge < -0.3 is 9.53 Å². The van der Waals surface area contributed by atoms with E-state index in [0.717, 1.165) is 12.1 Å². The second-order valence-electron chi connectivity index (χ2n) is 6.23. The molecule has 146 valence electrons. The predicted octanol–water partition coefficient (Wildman–Crippen LogP) is 5.12. The Balaban J connectivity index is 1.74. The number of carbonyl (C=O) groups excluding carboxylic acids is 1. The van der Waals surface area contributed by atoms with Crippen molar-refractivity contribution in [1.82, 2.24) is 10.2 Å². The molecule has 0 amide bonds. The Morgan fingerprint density at radius 3 is 2.50 bits per heavy atom. The topological polar surface area (TPSA) is 55.0 Å². The molecule has 0 saturated carbocycles. The minimum Gasteiger partial charge on any atom is -0.489 e. The van der Waals surface area contributed by atoms with Crippen molar-refractivity contribution in [3.05, 3.63) is 71.2 Å². The summed E-state index contributed by atoms with van der Waals surface area (Å²) in [6.07, 6.45) is -2.19. The molecule has 1 aromatic heterocycles. The average molecular weight is 392 g/mol. The second-order valence-corrected chi connectivity index (χ2v) is 6.23. The van der Waals surface area contributed by atoms with Gasteiger partial charge in [0.15, 0.2) is 0 Å². The van der Waals surface area contributed by atoms with Gasteiger partial charge in [-0.1, -0.05) is 25.1 Å². The highest BCUT2D eigenvalue weighted by atomic mass is 19.4. The van der Waals surface area contributed by atoms with Crippen molar-refractivity contribution in [3.63, 3.8) is 0 Å². The molecule has 1 N–H and O–H groups in total. The molecule has 0 bridgehead atoms. The minimum atomic E-state index is -4.41. The lowest BCUT2D eigenvalue weighted by atomic mass is 10.0. The normalized spacial score (nSPS) is 12.6. The van der Waals surface area contributed by atoms with E-state index in [2.05, 4.69) is 10.2 Å². The van der Waals surface area contributed by atoms with E-state index in [-0.39, 0.29) is 17.9 Å². The maximum atomic E-state index is 14.1. The number of aromatic nitrogens is 2. The van der Waals surface area contributed by atoms with Gasteiger partial charge in [0.25, 0.3) is 0 Å². The third-order valence-electron chi connectivity index (χ3n) is 4.27. The number of benzene rings is 2. The molecule has 28 heavy (non-hydrogen) atoms. The van der Waals surface area contributed by atoms with Crippen LogP contribution in [0.25, 0.3) is 11.3 Å². The molecule has 3 aromatic rings. The van der Waals surface area contributed by atoms with Crippen molar-refractivity contribution >= 4 is 6.29 Å². The molecule has 0 fully saturated rings. The molecule has 8 heteroatoms. The average Bonchev–Trinajstić information content (AvgIpc) is 3.14. The van der Waals surface area contributed by atoms with Crippen molar-refractivity contribution in [3.8, 4) is 17.0 Å². The lowest BCUT2D eigenvalue weighted by molar-refractivity contribution is -0.137. The zero-order valence-corrected chi connectivity index (χ0v) is 14.8. The standard InChI is InChI=1S/C20H16F4N2O2/c1-12(10-27)17-7-6-16(8-18(17)21)28-11-14-9-25-26-19(14)13-2-4-15(5-3-13)20(22,23)24/h2-10,12H,11H2,1H3,(H,25,26). The zero-order chi connectivity index (χ0) is 20.3. The number of nitrogens with one attached hydrogen (secondary N) is 1. The van der Waals surface area contributed by atoms with Gasteiger partial charge in [0, 0.05) is 29.3 Å². The Morgan fingerprint density at radius 2 is 1.89 bits per heavy atom. The van der Waals surface area contributed by atoms with Crippen molar-refractivity contribution in [2.24, 2.45) is 0 Å². The fraction of sp³-hybridized carbons (Fsp3) is 0.200. The van der Waals surface area contributed by atoms with E-state index < -0.39 is 23.5 Å². The first-order chi connectivity index (χ1) is 13.3. The summed E-state index contributed by atoms with van der Waals surface area (Å²) in [5, 5.41) is 6.71. The molecule has 0 spiro atoms. The van der Waals surface area contributed by atoms with E-state index in [1.54, 1.807) is 19.2 Å². The molecular formula is C20H16F4N2O2. The van der Waals surface area contributed by atoms with E-state index in [1.807, 2.05) is 0 Å². The van der Waals surface area contributed by atoms with Gasteiger partial charge in [-0.3, -0.25) is 5.10 Å². The number of halogens is 4. The van der Waals surface area contributed by atoms with Crippen LogP contribution < -0.4 is 4.74 Å². The molecule has 0 radical (unpaired) electrons. The third kappa shape index (κ3) is 4.21. The quantitative estimate of drug-likeness (QED) is 0.468. The number of nitrogens with zero attached hydrogens (tertiary/aromatic N) is 1. The Bertz CT molecular complexity index is 965. The summed E-state index contributed by atoms with van der Waals surface area (Å²) < 4.78 is 57.7. The molecule has 1 unspecified atom stereocenters. The molecule has 0 aliphatic rings. The predicted molar refractivity (Wildman–Crippen MR) is 94.2 cm³/mol. The highest BCUT2D eigenvalue weighted by Gasteiger charge is 2.30. The number of H-pyrrole nitrogens is 1. The molecule has 0 aliphatic carbocycles. The van der Waals surface area contributed by atoms with Gasteiger partial charge >= 0.3 is 6.18 Å². The van der Waals surface area contributed by atoms with Crippen LogP contribution >= 0.6 is 0 Å². The van der Waals surface area contributed by atoms with Crippen LogP contribution in [-0.2, 0) is 17.6 Å². The van der Waals surface area contributed by atoms with Crippen LogP contribution in [0.15, 0.2) is 48.7 Å². The lowest BCUT2D eigenvalue weighted by Crippen LogP contribution is -2.04. The van der Waals surface area contributed by atoms with Gasteiger partial charge in [0.05, 0.1) is 11.3 Å². The number of aldehydes is 1. The highest BCUT2D eigenvalue weighted by molar-refractivity contribution is 5.63. The summed E-state index contributed by atoms with van der Waals surface area (Å²) in [6.45, 7) is 1.63. The van der Waals surface area contributed by atoms with Crippen molar-refractivity contribution in [1.29, 1.82) is 0 Å². The first kappa shape index (κ1) is 19.6. The summed E-state index contributed by atoms with van der Waals surface area (Å²) in [5.74, 6) is -0.847. The van der Waals surface area contributed by atoms with E-state index >= 15 is 0 Å². The third-order valence-corrected chi connectivity index (χ3v) is 4.27. The van der Waals surface area contributed by atoms with Gasteiger partial charge in [-0.15, -0.1) is 0 Å². The lowest BCUT2D eigenvalue weighted by Gasteiger charge is -2.10. The minimum absolute atomic E-state index is 0.0366. The molecule has 3 rings (SSSR count). The fourth-order valence-corrected chi connectivity index (χ4v) is 2.69. The maximum absolute atomic E-state index is 14.1. The second kappa shape index (κ2) is 7.84. The molecule has 4 nitrogen and oxygen atoms in total. The Kier molecular flexibility index (Phi) is 5.48. The van der Waals surface area contributed by atoms with Crippen LogP contribution in [0.2, 0.25) is 0 Å².